The van der Waals surface area contributed by atoms with Crippen molar-refractivity contribution in [2.24, 2.45) is 11.3 Å². The summed E-state index contributed by atoms with van der Waals surface area (Å²) in [6, 6.07) is 0. The molecule has 1 aliphatic carbocycles. The lowest BCUT2D eigenvalue weighted by molar-refractivity contribution is 0.198. The highest BCUT2D eigenvalue weighted by molar-refractivity contribution is 5.00. The number of hydrogen-bond donors (Lipinski definition) is 1. The second-order valence-corrected chi connectivity index (χ2v) is 4.55. The molecule has 1 heteroatoms. The highest BCUT2D eigenvalue weighted by Crippen LogP contribution is 2.33. The standard InChI is InChI=1S/C10H18O/c1-10(2,3)7-6-9(11)8-4-5-8/h6-9,11H,4-5H2,1-3H3/b7-6+. The van der Waals surface area contributed by atoms with Crippen LogP contribution >= 0.6 is 0 Å². The number of hydrogen-bond acceptors (Lipinski definition) is 1. The molecule has 0 saturated heterocycles. The normalized spacial score (nSPS) is 22.5. The van der Waals surface area contributed by atoms with Gasteiger partial charge in [0.1, 0.15) is 0 Å². The minimum Gasteiger partial charge on any atom is -0.389 e. The van der Waals surface area contributed by atoms with E-state index in [1.54, 1.807) is 0 Å². The van der Waals surface area contributed by atoms with Gasteiger partial charge in [0.05, 0.1) is 6.10 Å². The second kappa shape index (κ2) is 2.98. The minimum atomic E-state index is -0.186. The van der Waals surface area contributed by atoms with Crippen LogP contribution in [0.2, 0.25) is 0 Å². The van der Waals surface area contributed by atoms with Gasteiger partial charge in [0.2, 0.25) is 0 Å². The molecule has 0 aromatic rings. The van der Waals surface area contributed by atoms with Crippen molar-refractivity contribution < 1.29 is 5.11 Å². The van der Waals surface area contributed by atoms with Gasteiger partial charge in [0, 0.05) is 0 Å². The van der Waals surface area contributed by atoms with E-state index in [-0.39, 0.29) is 11.5 Å². The zero-order chi connectivity index (χ0) is 8.48. The van der Waals surface area contributed by atoms with Gasteiger partial charge in [-0.25, -0.2) is 0 Å². The van der Waals surface area contributed by atoms with Gasteiger partial charge in [-0.1, -0.05) is 32.9 Å². The average molecular weight is 154 g/mol. The Morgan fingerprint density at radius 3 is 2.27 bits per heavy atom. The first-order valence-corrected chi connectivity index (χ1v) is 4.36. The molecule has 0 amide bonds. The van der Waals surface area contributed by atoms with Crippen LogP contribution in [-0.2, 0) is 0 Å². The van der Waals surface area contributed by atoms with Crippen molar-refractivity contribution in [2.45, 2.75) is 39.7 Å². The number of aliphatic hydroxyl groups excluding tert-OH is 1. The first kappa shape index (κ1) is 8.79. The fraction of sp³-hybridized carbons (Fsp3) is 0.800. The van der Waals surface area contributed by atoms with Crippen LogP contribution in [0.25, 0.3) is 0 Å². The summed E-state index contributed by atoms with van der Waals surface area (Å²) in [6.07, 6.45) is 6.26. The summed E-state index contributed by atoms with van der Waals surface area (Å²) < 4.78 is 0. The quantitative estimate of drug-likeness (QED) is 0.605. The SMILES string of the molecule is CC(C)(C)/C=C/C(O)C1CC1. The Morgan fingerprint density at radius 1 is 1.36 bits per heavy atom. The molecule has 1 unspecified atom stereocenters. The average Bonchev–Trinajstić information content (AvgIpc) is 2.61. The number of aliphatic hydroxyl groups is 1. The Bertz CT molecular complexity index is 149. The fourth-order valence-corrected chi connectivity index (χ4v) is 0.982. The Balaban J connectivity index is 2.33. The summed E-state index contributed by atoms with van der Waals surface area (Å²) in [5.41, 5.74) is 0.204. The van der Waals surface area contributed by atoms with Crippen molar-refractivity contribution in [1.82, 2.24) is 0 Å². The summed E-state index contributed by atoms with van der Waals surface area (Å²) in [5.74, 6) is 0.564. The number of allylic oxidation sites excluding steroid dienone is 1. The van der Waals surface area contributed by atoms with Crippen LogP contribution in [0.3, 0.4) is 0 Å². The van der Waals surface area contributed by atoms with Crippen LogP contribution < -0.4 is 0 Å². The summed E-state index contributed by atoms with van der Waals surface area (Å²) in [4.78, 5) is 0. The highest BCUT2D eigenvalue weighted by atomic mass is 16.3. The molecule has 1 fully saturated rings. The molecular weight excluding hydrogens is 136 g/mol. The zero-order valence-corrected chi connectivity index (χ0v) is 7.67. The first-order chi connectivity index (χ1) is 4.99. The molecule has 1 N–H and O–H groups in total. The smallest absolute Gasteiger partial charge is 0.0749 e. The minimum absolute atomic E-state index is 0.186. The maximum absolute atomic E-state index is 9.47. The van der Waals surface area contributed by atoms with E-state index < -0.39 is 0 Å². The predicted octanol–water partition coefficient (Wildman–Crippen LogP) is 2.36. The molecule has 0 aromatic heterocycles. The summed E-state index contributed by atoms with van der Waals surface area (Å²) in [7, 11) is 0. The molecule has 0 bridgehead atoms. The van der Waals surface area contributed by atoms with Crippen LogP contribution in [0.5, 0.6) is 0 Å². The summed E-state index contributed by atoms with van der Waals surface area (Å²) >= 11 is 0. The number of rotatable bonds is 2. The van der Waals surface area contributed by atoms with E-state index in [1.165, 1.54) is 12.8 Å². The Kier molecular flexibility index (Phi) is 2.38. The van der Waals surface area contributed by atoms with Gasteiger partial charge in [-0.2, -0.15) is 0 Å². The molecule has 1 nitrogen and oxygen atoms in total. The molecule has 0 heterocycles. The van der Waals surface area contributed by atoms with Gasteiger partial charge in [-0.05, 0) is 24.2 Å². The Morgan fingerprint density at radius 2 is 1.91 bits per heavy atom. The molecule has 0 spiro atoms. The van der Waals surface area contributed by atoms with Crippen molar-refractivity contribution in [1.29, 1.82) is 0 Å². The van der Waals surface area contributed by atoms with Crippen molar-refractivity contribution in [3.63, 3.8) is 0 Å². The maximum Gasteiger partial charge on any atom is 0.0749 e. The predicted molar refractivity (Wildman–Crippen MR) is 47.3 cm³/mol. The van der Waals surface area contributed by atoms with Crippen molar-refractivity contribution in [2.75, 3.05) is 0 Å². The Hall–Kier alpha value is -0.300. The van der Waals surface area contributed by atoms with E-state index in [9.17, 15) is 5.11 Å². The van der Waals surface area contributed by atoms with Crippen molar-refractivity contribution in [3.8, 4) is 0 Å². The summed E-state index contributed by atoms with van der Waals surface area (Å²) in [6.45, 7) is 6.43. The zero-order valence-electron chi connectivity index (χ0n) is 7.67. The first-order valence-electron chi connectivity index (χ1n) is 4.36. The molecular formula is C10H18O. The van der Waals surface area contributed by atoms with E-state index in [0.717, 1.165) is 0 Å². The van der Waals surface area contributed by atoms with Crippen LogP contribution in [0.1, 0.15) is 33.6 Å². The van der Waals surface area contributed by atoms with E-state index in [2.05, 4.69) is 26.8 Å². The van der Waals surface area contributed by atoms with Crippen LogP contribution in [0, 0.1) is 11.3 Å². The molecule has 1 atom stereocenters. The lowest BCUT2D eigenvalue weighted by Gasteiger charge is -2.12. The van der Waals surface area contributed by atoms with Gasteiger partial charge in [0.15, 0.2) is 0 Å². The largest absolute Gasteiger partial charge is 0.389 e. The van der Waals surface area contributed by atoms with E-state index >= 15 is 0 Å². The van der Waals surface area contributed by atoms with Gasteiger partial charge < -0.3 is 5.11 Å². The molecule has 1 aliphatic rings. The molecule has 11 heavy (non-hydrogen) atoms. The molecule has 1 saturated carbocycles. The van der Waals surface area contributed by atoms with E-state index in [0.29, 0.717) is 5.92 Å². The van der Waals surface area contributed by atoms with Crippen LogP contribution in [0.15, 0.2) is 12.2 Å². The van der Waals surface area contributed by atoms with E-state index in [4.69, 9.17) is 0 Å². The van der Waals surface area contributed by atoms with Gasteiger partial charge in [0.25, 0.3) is 0 Å². The lowest BCUT2D eigenvalue weighted by atomic mass is 9.95. The van der Waals surface area contributed by atoms with Gasteiger partial charge in [-0.3, -0.25) is 0 Å². The maximum atomic E-state index is 9.47. The molecule has 0 aromatic carbocycles. The van der Waals surface area contributed by atoms with Gasteiger partial charge in [-0.15, -0.1) is 0 Å². The third-order valence-electron chi connectivity index (χ3n) is 1.90. The second-order valence-electron chi connectivity index (χ2n) is 4.55. The van der Waals surface area contributed by atoms with Crippen LogP contribution in [-0.4, -0.2) is 11.2 Å². The molecule has 0 aliphatic heterocycles. The molecule has 64 valence electrons. The van der Waals surface area contributed by atoms with E-state index in [1.807, 2.05) is 6.08 Å². The van der Waals surface area contributed by atoms with Crippen molar-refractivity contribution in [3.05, 3.63) is 12.2 Å². The van der Waals surface area contributed by atoms with Gasteiger partial charge >= 0.3 is 0 Å². The third kappa shape index (κ3) is 3.57. The lowest BCUT2D eigenvalue weighted by Crippen LogP contribution is -2.07. The van der Waals surface area contributed by atoms with Crippen LogP contribution in [0.4, 0.5) is 0 Å². The fourth-order valence-electron chi connectivity index (χ4n) is 0.982. The summed E-state index contributed by atoms with van der Waals surface area (Å²) in [5, 5.41) is 9.47. The Labute approximate surface area is 69.1 Å². The van der Waals surface area contributed by atoms with Crippen molar-refractivity contribution >= 4 is 0 Å². The topological polar surface area (TPSA) is 20.2 Å². The monoisotopic (exact) mass is 154 g/mol. The third-order valence-corrected chi connectivity index (χ3v) is 1.90. The molecule has 0 radical (unpaired) electrons. The highest BCUT2D eigenvalue weighted by Gasteiger charge is 2.27. The molecule has 1 rings (SSSR count).